The molecule has 1 aromatic carbocycles. The summed E-state index contributed by atoms with van der Waals surface area (Å²) < 4.78 is 19.0. The number of nitrogens with zero attached hydrogens (tertiary/aromatic N) is 1. The van der Waals surface area contributed by atoms with Gasteiger partial charge in [0.15, 0.2) is 0 Å². The van der Waals surface area contributed by atoms with E-state index in [-0.39, 0.29) is 30.5 Å². The van der Waals surface area contributed by atoms with Crippen LogP contribution in [0.2, 0.25) is 0 Å². The van der Waals surface area contributed by atoms with Crippen molar-refractivity contribution >= 4 is 5.91 Å². The second kappa shape index (κ2) is 6.81. The number of amides is 1. The van der Waals surface area contributed by atoms with Gasteiger partial charge >= 0.3 is 0 Å². The average Bonchev–Trinajstić information content (AvgIpc) is 2.36. The molecule has 20 heavy (non-hydrogen) atoms. The van der Waals surface area contributed by atoms with Gasteiger partial charge in [0.1, 0.15) is 5.82 Å². The Morgan fingerprint density at radius 1 is 1.35 bits per heavy atom. The number of nitrogens with one attached hydrogen (secondary N) is 1. The van der Waals surface area contributed by atoms with E-state index in [0.717, 1.165) is 13.1 Å². The molecule has 2 rings (SSSR count). The Kier molecular flexibility index (Phi) is 5.09. The molecule has 2 atom stereocenters. The van der Waals surface area contributed by atoms with Crippen LogP contribution in [0.4, 0.5) is 4.39 Å². The van der Waals surface area contributed by atoms with Crippen molar-refractivity contribution in [3.63, 3.8) is 0 Å². The summed E-state index contributed by atoms with van der Waals surface area (Å²) in [5, 5.41) is 2.76. The molecule has 1 amide bonds. The highest BCUT2D eigenvalue weighted by molar-refractivity contribution is 5.78. The van der Waals surface area contributed by atoms with Gasteiger partial charge in [-0.2, -0.15) is 0 Å². The van der Waals surface area contributed by atoms with Crippen LogP contribution in [0.1, 0.15) is 19.4 Å². The molecular weight excluding hydrogens is 259 g/mol. The van der Waals surface area contributed by atoms with Crippen LogP contribution >= 0.6 is 0 Å². The van der Waals surface area contributed by atoms with Crippen LogP contribution in [0, 0.1) is 5.82 Å². The summed E-state index contributed by atoms with van der Waals surface area (Å²) >= 11 is 0. The Labute approximate surface area is 118 Å². The second-order valence-electron chi connectivity index (χ2n) is 5.32. The Balaban J connectivity index is 1.79. The molecule has 0 radical (unpaired) electrons. The van der Waals surface area contributed by atoms with Crippen LogP contribution in [0.3, 0.4) is 0 Å². The minimum atomic E-state index is -0.290. The number of rotatable bonds is 4. The maximum absolute atomic E-state index is 13.4. The van der Waals surface area contributed by atoms with Gasteiger partial charge in [-0.05, 0) is 19.9 Å². The maximum Gasteiger partial charge on any atom is 0.234 e. The van der Waals surface area contributed by atoms with Crippen molar-refractivity contribution in [3.8, 4) is 0 Å². The summed E-state index contributed by atoms with van der Waals surface area (Å²) in [6, 6.07) is 6.47. The quantitative estimate of drug-likeness (QED) is 0.910. The second-order valence-corrected chi connectivity index (χ2v) is 5.32. The van der Waals surface area contributed by atoms with Crippen LogP contribution in [0.5, 0.6) is 0 Å². The lowest BCUT2D eigenvalue weighted by Crippen LogP contribution is -2.49. The number of carbonyl (C=O) groups excluding carboxylic acids is 1. The van der Waals surface area contributed by atoms with Gasteiger partial charge in [0.2, 0.25) is 5.91 Å². The van der Waals surface area contributed by atoms with Crippen molar-refractivity contribution in [2.75, 3.05) is 19.6 Å². The molecule has 1 saturated heterocycles. The van der Waals surface area contributed by atoms with E-state index in [1.54, 1.807) is 18.2 Å². The molecule has 1 N–H and O–H groups in total. The fourth-order valence-electron chi connectivity index (χ4n) is 2.51. The lowest BCUT2D eigenvalue weighted by Gasteiger charge is -2.34. The first-order valence-electron chi connectivity index (χ1n) is 6.92. The molecular formula is C15H21FN2O2. The van der Waals surface area contributed by atoms with Gasteiger partial charge in [-0.3, -0.25) is 9.69 Å². The van der Waals surface area contributed by atoms with Crippen LogP contribution in [0.25, 0.3) is 0 Å². The number of halogens is 1. The Morgan fingerprint density at radius 3 is 2.65 bits per heavy atom. The fraction of sp³-hybridized carbons (Fsp3) is 0.533. The first-order valence-corrected chi connectivity index (χ1v) is 6.92. The highest BCUT2D eigenvalue weighted by Gasteiger charge is 2.23. The monoisotopic (exact) mass is 280 g/mol. The van der Waals surface area contributed by atoms with Crippen LogP contribution in [-0.4, -0.2) is 42.6 Å². The van der Waals surface area contributed by atoms with E-state index in [2.05, 4.69) is 10.2 Å². The number of morpholine rings is 1. The number of carbonyl (C=O) groups is 1. The number of ether oxygens (including phenoxy) is 1. The van der Waals surface area contributed by atoms with Gasteiger partial charge < -0.3 is 10.1 Å². The molecule has 0 bridgehead atoms. The van der Waals surface area contributed by atoms with E-state index in [9.17, 15) is 9.18 Å². The highest BCUT2D eigenvalue weighted by Crippen LogP contribution is 2.10. The van der Waals surface area contributed by atoms with Crippen molar-refractivity contribution in [2.45, 2.75) is 32.6 Å². The number of benzene rings is 1. The molecule has 1 aromatic rings. The maximum atomic E-state index is 13.4. The Morgan fingerprint density at radius 2 is 2.00 bits per heavy atom. The minimum absolute atomic E-state index is 0.0884. The third-order valence-electron chi connectivity index (χ3n) is 3.30. The van der Waals surface area contributed by atoms with Crippen molar-refractivity contribution < 1.29 is 13.9 Å². The molecule has 0 aliphatic carbocycles. The first kappa shape index (κ1) is 14.9. The van der Waals surface area contributed by atoms with Crippen molar-refractivity contribution in [1.82, 2.24) is 10.2 Å². The fourth-order valence-corrected chi connectivity index (χ4v) is 2.51. The zero-order valence-electron chi connectivity index (χ0n) is 11.9. The standard InChI is InChI=1S/C15H21FN2O2/c1-11-8-18(9-12(2)20-11)10-15(19)17-7-13-5-3-4-6-14(13)16/h3-6,11-12H,7-10H2,1-2H3,(H,17,19). The van der Waals surface area contributed by atoms with Crippen molar-refractivity contribution in [3.05, 3.63) is 35.6 Å². The third kappa shape index (κ3) is 4.28. The summed E-state index contributed by atoms with van der Waals surface area (Å²) in [4.78, 5) is 14.0. The number of hydrogen-bond donors (Lipinski definition) is 1. The van der Waals surface area contributed by atoms with E-state index in [4.69, 9.17) is 4.74 Å². The van der Waals surface area contributed by atoms with E-state index in [0.29, 0.717) is 12.1 Å². The zero-order valence-corrected chi connectivity index (χ0v) is 11.9. The predicted octanol–water partition coefficient (Wildman–Crippen LogP) is 1.55. The molecule has 1 aliphatic heterocycles. The van der Waals surface area contributed by atoms with E-state index >= 15 is 0 Å². The molecule has 110 valence electrons. The molecule has 1 fully saturated rings. The third-order valence-corrected chi connectivity index (χ3v) is 3.30. The Bertz CT molecular complexity index is 457. The molecule has 1 heterocycles. The predicted molar refractivity (Wildman–Crippen MR) is 74.7 cm³/mol. The van der Waals surface area contributed by atoms with Crippen LogP contribution in [-0.2, 0) is 16.1 Å². The SMILES string of the molecule is CC1CN(CC(=O)NCc2ccccc2F)CC(C)O1. The lowest BCUT2D eigenvalue weighted by atomic mass is 10.2. The largest absolute Gasteiger partial charge is 0.373 e. The van der Waals surface area contributed by atoms with Gasteiger partial charge in [-0.25, -0.2) is 4.39 Å². The summed E-state index contributed by atoms with van der Waals surface area (Å²) in [6.07, 6.45) is 0.274. The minimum Gasteiger partial charge on any atom is -0.373 e. The lowest BCUT2D eigenvalue weighted by molar-refractivity contribution is -0.126. The zero-order chi connectivity index (χ0) is 14.5. The van der Waals surface area contributed by atoms with Gasteiger partial charge in [0.05, 0.1) is 18.8 Å². The molecule has 4 nitrogen and oxygen atoms in total. The summed E-state index contributed by atoms with van der Waals surface area (Å²) in [6.45, 7) is 6.04. The molecule has 5 heteroatoms. The van der Waals surface area contributed by atoms with Crippen molar-refractivity contribution in [1.29, 1.82) is 0 Å². The average molecular weight is 280 g/mol. The summed E-state index contributed by atoms with van der Waals surface area (Å²) in [7, 11) is 0. The van der Waals surface area contributed by atoms with Gasteiger partial charge in [0.25, 0.3) is 0 Å². The van der Waals surface area contributed by atoms with Gasteiger partial charge in [0, 0.05) is 25.2 Å². The number of hydrogen-bond acceptors (Lipinski definition) is 3. The van der Waals surface area contributed by atoms with Gasteiger partial charge in [-0.15, -0.1) is 0 Å². The van der Waals surface area contributed by atoms with Gasteiger partial charge in [-0.1, -0.05) is 18.2 Å². The van der Waals surface area contributed by atoms with E-state index in [1.165, 1.54) is 6.07 Å². The van der Waals surface area contributed by atoms with Crippen LogP contribution in [0.15, 0.2) is 24.3 Å². The van der Waals surface area contributed by atoms with E-state index < -0.39 is 0 Å². The summed E-state index contributed by atoms with van der Waals surface area (Å²) in [5.41, 5.74) is 0.504. The molecule has 0 aromatic heterocycles. The molecule has 2 unspecified atom stereocenters. The summed E-state index contributed by atoms with van der Waals surface area (Å²) in [5.74, 6) is -0.379. The van der Waals surface area contributed by atoms with E-state index in [1.807, 2.05) is 13.8 Å². The first-order chi connectivity index (χ1) is 9.54. The highest BCUT2D eigenvalue weighted by atomic mass is 19.1. The molecule has 0 saturated carbocycles. The molecule has 1 aliphatic rings. The Hall–Kier alpha value is -1.46. The smallest absolute Gasteiger partial charge is 0.234 e. The van der Waals surface area contributed by atoms with Crippen LogP contribution < -0.4 is 5.32 Å². The molecule has 0 spiro atoms. The topological polar surface area (TPSA) is 41.6 Å². The van der Waals surface area contributed by atoms with Crippen molar-refractivity contribution in [2.24, 2.45) is 0 Å². The normalized spacial score (nSPS) is 23.6.